The number of aliphatic hydroxyl groups is 1. The fourth-order valence-corrected chi connectivity index (χ4v) is 4.35. The summed E-state index contributed by atoms with van der Waals surface area (Å²) in [5.41, 5.74) is 2.69. The standard InChI is InChI=1S/C26H30N2O4/c1-18(2)19-8-10-20(11-9-19)23-22(24(29)21-6-4-3-5-7-21)25(30)26(31)28(23)13-12-27-14-16-32-17-15-27/h3-11,18,23,29H,12-17H2,1-2H3/t23-/m1/s1. The van der Waals surface area contributed by atoms with Gasteiger partial charge in [0.15, 0.2) is 0 Å². The van der Waals surface area contributed by atoms with Crippen LogP contribution in [0.1, 0.15) is 42.5 Å². The minimum atomic E-state index is -0.633. The molecule has 6 heteroatoms. The SMILES string of the molecule is CC(C)c1ccc([C@@H]2C(=C(O)c3ccccc3)C(=O)C(=O)N2CCN2CCOCC2)cc1. The number of Topliss-reactive ketones (excluding diaryl/α,β-unsaturated/α-hetero) is 1. The van der Waals surface area contributed by atoms with E-state index in [1.807, 2.05) is 30.3 Å². The summed E-state index contributed by atoms with van der Waals surface area (Å²) in [5.74, 6) is -0.947. The van der Waals surface area contributed by atoms with Crippen LogP contribution >= 0.6 is 0 Å². The van der Waals surface area contributed by atoms with E-state index in [1.165, 1.54) is 5.56 Å². The van der Waals surface area contributed by atoms with Gasteiger partial charge in [0, 0.05) is 31.7 Å². The van der Waals surface area contributed by atoms with Crippen molar-refractivity contribution in [3.63, 3.8) is 0 Å². The highest BCUT2D eigenvalue weighted by atomic mass is 16.5. The molecule has 0 radical (unpaired) electrons. The molecule has 1 N–H and O–H groups in total. The average molecular weight is 435 g/mol. The summed E-state index contributed by atoms with van der Waals surface area (Å²) in [6.45, 7) is 8.27. The van der Waals surface area contributed by atoms with Gasteiger partial charge in [0.05, 0.1) is 24.8 Å². The van der Waals surface area contributed by atoms with E-state index >= 15 is 0 Å². The fourth-order valence-electron chi connectivity index (χ4n) is 4.35. The first-order valence-electron chi connectivity index (χ1n) is 11.2. The monoisotopic (exact) mass is 434 g/mol. The summed E-state index contributed by atoms with van der Waals surface area (Å²) in [4.78, 5) is 30.0. The molecule has 0 spiro atoms. The number of carbonyl (C=O) groups is 2. The number of hydrogen-bond donors (Lipinski definition) is 1. The van der Waals surface area contributed by atoms with E-state index in [2.05, 4.69) is 18.7 Å². The highest BCUT2D eigenvalue weighted by Crippen LogP contribution is 2.39. The number of likely N-dealkylation sites (tertiary alicyclic amines) is 1. The quantitative estimate of drug-likeness (QED) is 0.428. The van der Waals surface area contributed by atoms with Gasteiger partial charge in [0.25, 0.3) is 11.7 Å². The van der Waals surface area contributed by atoms with Gasteiger partial charge in [-0.1, -0.05) is 68.4 Å². The molecule has 6 nitrogen and oxygen atoms in total. The number of nitrogens with zero attached hydrogens (tertiary/aromatic N) is 2. The second-order valence-corrected chi connectivity index (χ2v) is 8.63. The van der Waals surface area contributed by atoms with Crippen LogP contribution in [0.5, 0.6) is 0 Å². The molecule has 2 aromatic carbocycles. The lowest BCUT2D eigenvalue weighted by atomic mass is 9.93. The first kappa shape index (κ1) is 22.2. The molecule has 4 rings (SSSR count). The lowest BCUT2D eigenvalue weighted by molar-refractivity contribution is -0.140. The highest BCUT2D eigenvalue weighted by Gasteiger charge is 2.46. The van der Waals surface area contributed by atoms with Gasteiger partial charge in [0.1, 0.15) is 5.76 Å². The summed E-state index contributed by atoms with van der Waals surface area (Å²) in [7, 11) is 0. The molecule has 0 saturated carbocycles. The molecule has 2 aromatic rings. The van der Waals surface area contributed by atoms with Crippen LogP contribution in [0, 0.1) is 0 Å². The Morgan fingerprint density at radius 1 is 1.00 bits per heavy atom. The molecule has 0 bridgehead atoms. The van der Waals surface area contributed by atoms with Crippen LogP contribution in [-0.2, 0) is 14.3 Å². The molecule has 2 saturated heterocycles. The van der Waals surface area contributed by atoms with Crippen molar-refractivity contribution in [2.75, 3.05) is 39.4 Å². The van der Waals surface area contributed by atoms with Crippen LogP contribution in [0.4, 0.5) is 0 Å². The Hall–Kier alpha value is -2.96. The van der Waals surface area contributed by atoms with E-state index < -0.39 is 17.7 Å². The number of carbonyl (C=O) groups excluding carboxylic acids is 2. The van der Waals surface area contributed by atoms with Crippen LogP contribution in [0.3, 0.4) is 0 Å². The van der Waals surface area contributed by atoms with Crippen LogP contribution in [0.25, 0.3) is 5.76 Å². The van der Waals surface area contributed by atoms with E-state index in [0.717, 1.165) is 18.7 Å². The minimum absolute atomic E-state index is 0.129. The van der Waals surface area contributed by atoms with Crippen molar-refractivity contribution in [2.24, 2.45) is 0 Å². The Labute approximate surface area is 189 Å². The third kappa shape index (κ3) is 4.47. The molecule has 1 atom stereocenters. The van der Waals surface area contributed by atoms with E-state index in [0.29, 0.717) is 37.8 Å². The van der Waals surface area contributed by atoms with Crippen molar-refractivity contribution < 1.29 is 19.4 Å². The molecule has 168 valence electrons. The van der Waals surface area contributed by atoms with E-state index in [9.17, 15) is 14.7 Å². The first-order valence-corrected chi connectivity index (χ1v) is 11.2. The van der Waals surface area contributed by atoms with Crippen LogP contribution in [0.15, 0.2) is 60.2 Å². The topological polar surface area (TPSA) is 70.1 Å². The predicted molar refractivity (Wildman–Crippen MR) is 123 cm³/mol. The zero-order valence-electron chi connectivity index (χ0n) is 18.7. The molecule has 0 aromatic heterocycles. The smallest absolute Gasteiger partial charge is 0.295 e. The Kier molecular flexibility index (Phi) is 6.72. The molecule has 2 heterocycles. The maximum atomic E-state index is 13.1. The number of aliphatic hydroxyl groups excluding tert-OH is 1. The first-order chi connectivity index (χ1) is 15.5. The van der Waals surface area contributed by atoms with Gasteiger partial charge < -0.3 is 14.7 Å². The van der Waals surface area contributed by atoms with Gasteiger partial charge >= 0.3 is 0 Å². The number of hydrogen-bond acceptors (Lipinski definition) is 5. The molecule has 2 aliphatic rings. The van der Waals surface area contributed by atoms with Crippen LogP contribution < -0.4 is 0 Å². The number of amides is 1. The predicted octanol–water partition coefficient (Wildman–Crippen LogP) is 3.56. The Bertz CT molecular complexity index is 992. The number of ketones is 1. The van der Waals surface area contributed by atoms with Crippen molar-refractivity contribution in [3.8, 4) is 0 Å². The molecule has 0 unspecified atom stereocenters. The lowest BCUT2D eigenvalue weighted by Crippen LogP contribution is -2.42. The normalized spacial score (nSPS) is 21.5. The lowest BCUT2D eigenvalue weighted by Gasteiger charge is -2.31. The number of ether oxygens (including phenoxy) is 1. The van der Waals surface area contributed by atoms with Gasteiger partial charge in [-0.25, -0.2) is 0 Å². The molecule has 0 aliphatic carbocycles. The Morgan fingerprint density at radius 3 is 2.28 bits per heavy atom. The van der Waals surface area contributed by atoms with Crippen molar-refractivity contribution in [3.05, 3.63) is 76.9 Å². The molecule has 2 fully saturated rings. The number of rotatable bonds is 6. The van der Waals surface area contributed by atoms with E-state index in [-0.39, 0.29) is 11.3 Å². The van der Waals surface area contributed by atoms with Gasteiger partial charge in [-0.05, 0) is 17.0 Å². The summed E-state index contributed by atoms with van der Waals surface area (Å²) in [5, 5.41) is 11.1. The number of morpholine rings is 1. The zero-order chi connectivity index (χ0) is 22.7. The maximum absolute atomic E-state index is 13.1. The van der Waals surface area contributed by atoms with Crippen molar-refractivity contribution in [1.29, 1.82) is 0 Å². The maximum Gasteiger partial charge on any atom is 0.295 e. The van der Waals surface area contributed by atoms with Gasteiger partial charge in [0.2, 0.25) is 0 Å². The van der Waals surface area contributed by atoms with E-state index in [4.69, 9.17) is 4.74 Å². The average Bonchev–Trinajstić information content (AvgIpc) is 3.08. The summed E-state index contributed by atoms with van der Waals surface area (Å²) >= 11 is 0. The fraction of sp³-hybridized carbons (Fsp3) is 0.385. The van der Waals surface area contributed by atoms with Crippen LogP contribution in [-0.4, -0.2) is 66.0 Å². The number of benzene rings is 2. The summed E-state index contributed by atoms with van der Waals surface area (Å²) in [6, 6.07) is 16.3. The second kappa shape index (κ2) is 9.67. The van der Waals surface area contributed by atoms with Crippen molar-refractivity contribution in [1.82, 2.24) is 9.80 Å². The molecule has 1 amide bonds. The molecular weight excluding hydrogens is 404 g/mol. The largest absolute Gasteiger partial charge is 0.507 e. The Balaban J connectivity index is 1.72. The van der Waals surface area contributed by atoms with Crippen LogP contribution in [0.2, 0.25) is 0 Å². The van der Waals surface area contributed by atoms with Crippen molar-refractivity contribution >= 4 is 17.4 Å². The van der Waals surface area contributed by atoms with Crippen molar-refractivity contribution in [2.45, 2.75) is 25.8 Å². The Morgan fingerprint density at radius 2 is 1.66 bits per heavy atom. The zero-order valence-corrected chi connectivity index (χ0v) is 18.7. The van der Waals surface area contributed by atoms with Gasteiger partial charge in [-0.15, -0.1) is 0 Å². The third-order valence-electron chi connectivity index (χ3n) is 6.27. The molecule has 32 heavy (non-hydrogen) atoms. The minimum Gasteiger partial charge on any atom is -0.507 e. The molecule has 2 aliphatic heterocycles. The van der Waals surface area contributed by atoms with Gasteiger partial charge in [-0.2, -0.15) is 0 Å². The van der Waals surface area contributed by atoms with Gasteiger partial charge in [-0.3, -0.25) is 14.5 Å². The summed E-state index contributed by atoms with van der Waals surface area (Å²) < 4.78 is 5.41. The second-order valence-electron chi connectivity index (χ2n) is 8.63. The summed E-state index contributed by atoms with van der Waals surface area (Å²) in [6.07, 6.45) is 0. The molecular formula is C26H30N2O4. The highest BCUT2D eigenvalue weighted by molar-refractivity contribution is 6.46. The van der Waals surface area contributed by atoms with E-state index in [1.54, 1.807) is 29.2 Å². The third-order valence-corrected chi connectivity index (χ3v) is 6.27.